The van der Waals surface area contributed by atoms with E-state index in [0.29, 0.717) is 42.3 Å². The van der Waals surface area contributed by atoms with Gasteiger partial charge in [0.1, 0.15) is 23.9 Å². The summed E-state index contributed by atoms with van der Waals surface area (Å²) < 4.78 is 12.2. The van der Waals surface area contributed by atoms with Crippen LogP contribution < -0.4 is 15.0 Å². The Balaban J connectivity index is 1.75. The van der Waals surface area contributed by atoms with Crippen molar-refractivity contribution in [3.63, 3.8) is 0 Å². The second-order valence-electron chi connectivity index (χ2n) is 8.02. The zero-order chi connectivity index (χ0) is 25.3. The van der Waals surface area contributed by atoms with Crippen molar-refractivity contribution in [2.45, 2.75) is 19.5 Å². The highest BCUT2D eigenvalue weighted by atomic mass is 16.5. The number of nitrogens with one attached hydrogen (secondary N) is 1. The Morgan fingerprint density at radius 1 is 1.00 bits per heavy atom. The number of ether oxygens (including phenoxy) is 2. The first-order chi connectivity index (χ1) is 17.6. The Morgan fingerprint density at radius 2 is 1.72 bits per heavy atom. The Bertz CT molecular complexity index is 1290. The molecule has 0 unspecified atom stereocenters. The molecule has 0 spiro atoms. The fourth-order valence-electron chi connectivity index (χ4n) is 3.97. The van der Waals surface area contributed by atoms with Gasteiger partial charge in [-0.1, -0.05) is 47.7 Å². The van der Waals surface area contributed by atoms with E-state index < -0.39 is 6.04 Å². The molecule has 0 radical (unpaired) electrons. The number of rotatable bonds is 11. The molecule has 0 aliphatic rings. The molecule has 186 valence electrons. The molecule has 1 N–H and O–H groups in total. The van der Waals surface area contributed by atoms with Crippen LogP contribution in [0.2, 0.25) is 0 Å². The average Bonchev–Trinajstić information content (AvgIpc) is 3.31. The molecular formula is C27H29N5O4. The summed E-state index contributed by atoms with van der Waals surface area (Å²) in [6, 6.07) is 22.9. The van der Waals surface area contributed by atoms with Crippen LogP contribution in [0.15, 0.2) is 78.9 Å². The number of benzene rings is 3. The van der Waals surface area contributed by atoms with Gasteiger partial charge in [-0.25, -0.2) is 4.68 Å². The summed E-state index contributed by atoms with van der Waals surface area (Å²) in [6.45, 7) is 3.01. The number of aromatic nitrogens is 3. The monoisotopic (exact) mass is 487 g/mol. The van der Waals surface area contributed by atoms with Crippen LogP contribution in [0.4, 0.5) is 5.69 Å². The maximum atomic E-state index is 13.9. The highest BCUT2D eigenvalue weighted by Gasteiger charge is 2.33. The van der Waals surface area contributed by atoms with Crippen LogP contribution in [0.25, 0.3) is 11.0 Å². The van der Waals surface area contributed by atoms with Gasteiger partial charge in [0.15, 0.2) is 0 Å². The lowest BCUT2D eigenvalue weighted by molar-refractivity contribution is -0.127. The minimum atomic E-state index is -0.914. The number of fused-ring (bicyclic) bond motifs is 1. The maximum absolute atomic E-state index is 13.9. The van der Waals surface area contributed by atoms with Crippen LogP contribution in [-0.2, 0) is 20.9 Å². The zero-order valence-corrected chi connectivity index (χ0v) is 20.3. The summed E-state index contributed by atoms with van der Waals surface area (Å²) >= 11 is 0. The minimum Gasteiger partial charge on any atom is -0.494 e. The van der Waals surface area contributed by atoms with Gasteiger partial charge in [0.25, 0.3) is 0 Å². The second-order valence-corrected chi connectivity index (χ2v) is 8.02. The highest BCUT2D eigenvalue weighted by molar-refractivity contribution is 6.01. The van der Waals surface area contributed by atoms with Crippen molar-refractivity contribution in [2.24, 2.45) is 0 Å². The number of hydrogen-bond donors (Lipinski definition) is 1. The first kappa shape index (κ1) is 24.9. The Hall–Kier alpha value is -4.24. The molecule has 3 aromatic carbocycles. The lowest BCUT2D eigenvalue weighted by Gasteiger charge is -2.31. The van der Waals surface area contributed by atoms with Gasteiger partial charge in [0.2, 0.25) is 11.8 Å². The van der Waals surface area contributed by atoms with Gasteiger partial charge in [-0.2, -0.15) is 0 Å². The summed E-state index contributed by atoms with van der Waals surface area (Å²) in [6.07, 6.45) is 0. The number of anilines is 1. The smallest absolute Gasteiger partial charge is 0.249 e. The van der Waals surface area contributed by atoms with E-state index in [1.807, 2.05) is 61.5 Å². The largest absolute Gasteiger partial charge is 0.494 e. The fraction of sp³-hybridized carbons (Fsp3) is 0.259. The van der Waals surface area contributed by atoms with Crippen LogP contribution in [0, 0.1) is 0 Å². The van der Waals surface area contributed by atoms with Crippen LogP contribution in [0.5, 0.6) is 5.75 Å². The van der Waals surface area contributed by atoms with Crippen LogP contribution >= 0.6 is 0 Å². The molecule has 0 aliphatic heterocycles. The van der Waals surface area contributed by atoms with E-state index in [-0.39, 0.29) is 18.4 Å². The molecule has 0 saturated heterocycles. The van der Waals surface area contributed by atoms with Crippen molar-refractivity contribution in [3.8, 4) is 5.75 Å². The van der Waals surface area contributed by atoms with E-state index >= 15 is 0 Å². The SMILES string of the molecule is CCOc1ccc(N(C(=O)Cn2nnc3ccccc32)[C@H](C(=O)NCCOC)c2ccccc2)cc1. The number of para-hydroxylation sites is 1. The van der Waals surface area contributed by atoms with Crippen molar-refractivity contribution in [1.82, 2.24) is 20.3 Å². The van der Waals surface area contributed by atoms with E-state index in [4.69, 9.17) is 9.47 Å². The molecule has 0 aliphatic carbocycles. The Kier molecular flexibility index (Phi) is 8.25. The first-order valence-corrected chi connectivity index (χ1v) is 11.8. The topological polar surface area (TPSA) is 98.6 Å². The number of carbonyl (C=O) groups excluding carboxylic acids is 2. The average molecular weight is 488 g/mol. The van der Waals surface area contributed by atoms with Gasteiger partial charge in [-0.15, -0.1) is 5.10 Å². The number of methoxy groups -OCH3 is 1. The zero-order valence-electron chi connectivity index (χ0n) is 20.3. The third-order valence-electron chi connectivity index (χ3n) is 5.63. The predicted molar refractivity (Wildman–Crippen MR) is 137 cm³/mol. The van der Waals surface area contributed by atoms with E-state index in [1.165, 1.54) is 4.90 Å². The molecule has 0 saturated carbocycles. The summed E-state index contributed by atoms with van der Waals surface area (Å²) in [5.74, 6) is 0.0474. The standard InChI is InChI=1S/C27H29N5O4/c1-3-36-22-15-13-21(14-16-22)32(25(33)19-31-24-12-8-7-11-23(24)29-30-31)26(20-9-5-4-6-10-20)27(34)28-17-18-35-2/h4-16,26H,3,17-19H2,1-2H3,(H,28,34)/t26-/m0/s1. The van der Waals surface area contributed by atoms with Gasteiger partial charge in [0, 0.05) is 19.3 Å². The quantitative estimate of drug-likeness (QED) is 0.326. The number of nitrogens with zero attached hydrogens (tertiary/aromatic N) is 4. The number of hydrogen-bond acceptors (Lipinski definition) is 6. The molecule has 9 heteroatoms. The highest BCUT2D eigenvalue weighted by Crippen LogP contribution is 2.30. The van der Waals surface area contributed by atoms with Crippen molar-refractivity contribution in [3.05, 3.63) is 84.4 Å². The molecule has 1 aromatic heterocycles. The first-order valence-electron chi connectivity index (χ1n) is 11.8. The molecule has 1 heterocycles. The molecule has 2 amide bonds. The predicted octanol–water partition coefficient (Wildman–Crippen LogP) is 3.37. The van der Waals surface area contributed by atoms with E-state index in [0.717, 1.165) is 5.52 Å². The third kappa shape index (κ3) is 5.69. The number of amides is 2. The van der Waals surface area contributed by atoms with Crippen molar-refractivity contribution < 1.29 is 19.1 Å². The lowest BCUT2D eigenvalue weighted by Crippen LogP contribution is -2.46. The summed E-state index contributed by atoms with van der Waals surface area (Å²) in [5.41, 5.74) is 2.66. The molecule has 0 fully saturated rings. The lowest BCUT2D eigenvalue weighted by atomic mass is 10.0. The van der Waals surface area contributed by atoms with Crippen LogP contribution in [0.1, 0.15) is 18.5 Å². The van der Waals surface area contributed by atoms with E-state index in [9.17, 15) is 9.59 Å². The van der Waals surface area contributed by atoms with Crippen LogP contribution in [-0.4, -0.2) is 53.7 Å². The summed E-state index contributed by atoms with van der Waals surface area (Å²) in [5, 5.41) is 11.2. The van der Waals surface area contributed by atoms with Crippen molar-refractivity contribution in [1.29, 1.82) is 0 Å². The molecular weight excluding hydrogens is 458 g/mol. The molecule has 4 aromatic rings. The van der Waals surface area contributed by atoms with Gasteiger partial charge < -0.3 is 14.8 Å². The van der Waals surface area contributed by atoms with Gasteiger partial charge in [-0.3, -0.25) is 14.5 Å². The van der Waals surface area contributed by atoms with E-state index in [2.05, 4.69) is 15.6 Å². The number of carbonyl (C=O) groups is 2. The van der Waals surface area contributed by atoms with E-state index in [1.54, 1.807) is 36.1 Å². The summed E-state index contributed by atoms with van der Waals surface area (Å²) in [7, 11) is 1.57. The third-order valence-corrected chi connectivity index (χ3v) is 5.63. The minimum absolute atomic E-state index is 0.0948. The van der Waals surface area contributed by atoms with Gasteiger partial charge in [-0.05, 0) is 48.9 Å². The fourth-order valence-corrected chi connectivity index (χ4v) is 3.97. The molecule has 36 heavy (non-hydrogen) atoms. The van der Waals surface area contributed by atoms with Crippen molar-refractivity contribution in [2.75, 3.05) is 31.8 Å². The van der Waals surface area contributed by atoms with Crippen molar-refractivity contribution >= 4 is 28.5 Å². The molecule has 4 rings (SSSR count). The van der Waals surface area contributed by atoms with Gasteiger partial charge in [0.05, 0.1) is 18.7 Å². The molecule has 9 nitrogen and oxygen atoms in total. The van der Waals surface area contributed by atoms with Gasteiger partial charge >= 0.3 is 0 Å². The summed E-state index contributed by atoms with van der Waals surface area (Å²) in [4.78, 5) is 28.9. The molecule has 0 bridgehead atoms. The Labute approximate surface area is 209 Å². The Morgan fingerprint density at radius 3 is 2.44 bits per heavy atom. The maximum Gasteiger partial charge on any atom is 0.249 e. The normalized spacial score (nSPS) is 11.7. The van der Waals surface area contributed by atoms with Crippen LogP contribution in [0.3, 0.4) is 0 Å². The second kappa shape index (κ2) is 11.9. The molecule has 1 atom stereocenters.